The van der Waals surface area contributed by atoms with E-state index >= 15 is 0 Å². The van der Waals surface area contributed by atoms with Crippen LogP contribution in [0.15, 0.2) is 30.6 Å². The molecule has 1 fully saturated rings. The van der Waals surface area contributed by atoms with E-state index in [2.05, 4.69) is 14.8 Å². The Hall–Kier alpha value is -1.99. The maximum atomic E-state index is 13.4. The molecule has 0 saturated carbocycles. The summed E-state index contributed by atoms with van der Waals surface area (Å²) in [5.74, 6) is -0.657. The van der Waals surface area contributed by atoms with Gasteiger partial charge < -0.3 is 14.6 Å². The quantitative estimate of drug-likeness (QED) is 0.867. The number of hydrogen-bond donors (Lipinski definition) is 1. The average Bonchev–Trinajstić information content (AvgIpc) is 3.02. The predicted octanol–water partition coefficient (Wildman–Crippen LogP) is 2.16. The Morgan fingerprint density at radius 3 is 2.60 bits per heavy atom. The normalized spacial score (nSPS) is 16.0. The lowest BCUT2D eigenvalue weighted by Crippen LogP contribution is -2.46. The van der Waals surface area contributed by atoms with Gasteiger partial charge in [-0.3, -0.25) is 4.90 Å². The number of aliphatic hydroxyl groups excluding tert-OH is 1. The van der Waals surface area contributed by atoms with Gasteiger partial charge in [0.25, 0.3) is 0 Å². The van der Waals surface area contributed by atoms with Crippen LogP contribution in [0.3, 0.4) is 0 Å². The summed E-state index contributed by atoms with van der Waals surface area (Å²) in [5.41, 5.74) is 0.718. The first-order valence-corrected chi connectivity index (χ1v) is 8.59. The minimum absolute atomic E-state index is 0.105. The van der Waals surface area contributed by atoms with E-state index < -0.39 is 11.6 Å². The van der Waals surface area contributed by atoms with E-state index in [1.165, 1.54) is 12.1 Å². The van der Waals surface area contributed by atoms with E-state index in [4.69, 9.17) is 0 Å². The third-order valence-corrected chi connectivity index (χ3v) is 4.90. The van der Waals surface area contributed by atoms with Crippen molar-refractivity contribution in [2.45, 2.75) is 25.4 Å². The lowest BCUT2D eigenvalue weighted by Gasteiger charge is -2.39. The molecule has 136 valence electrons. The van der Waals surface area contributed by atoms with Crippen molar-refractivity contribution in [2.75, 3.05) is 31.1 Å². The molecule has 0 aliphatic carbocycles. The van der Waals surface area contributed by atoms with E-state index in [0.717, 1.165) is 37.4 Å². The molecule has 2 heterocycles. The van der Waals surface area contributed by atoms with Crippen LogP contribution in [0.25, 0.3) is 0 Å². The van der Waals surface area contributed by atoms with Crippen molar-refractivity contribution in [2.24, 2.45) is 7.05 Å². The number of anilines is 1. The molecule has 25 heavy (non-hydrogen) atoms. The van der Waals surface area contributed by atoms with Gasteiger partial charge in [0.2, 0.25) is 0 Å². The second kappa shape index (κ2) is 7.93. The number of hydrogen-bond acceptors (Lipinski definition) is 4. The number of halogens is 2. The van der Waals surface area contributed by atoms with Crippen LogP contribution < -0.4 is 4.90 Å². The van der Waals surface area contributed by atoms with Gasteiger partial charge in [-0.15, -0.1) is 0 Å². The summed E-state index contributed by atoms with van der Waals surface area (Å²) in [5, 5.41) is 9.40. The molecular weight excluding hydrogens is 326 g/mol. The van der Waals surface area contributed by atoms with Gasteiger partial charge in [0.1, 0.15) is 5.82 Å². The van der Waals surface area contributed by atoms with Crippen LogP contribution in [0.4, 0.5) is 14.5 Å². The van der Waals surface area contributed by atoms with Crippen molar-refractivity contribution in [3.8, 4) is 0 Å². The van der Waals surface area contributed by atoms with Crippen LogP contribution in [0.1, 0.15) is 18.7 Å². The summed E-state index contributed by atoms with van der Waals surface area (Å²) in [4.78, 5) is 8.70. The van der Waals surface area contributed by atoms with Gasteiger partial charge in [-0.25, -0.2) is 13.8 Å². The van der Waals surface area contributed by atoms with Crippen LogP contribution in [-0.2, 0) is 13.6 Å². The largest absolute Gasteiger partial charge is 0.395 e. The Balaban J connectivity index is 1.62. The van der Waals surface area contributed by atoms with E-state index in [9.17, 15) is 13.9 Å². The molecule has 1 saturated heterocycles. The molecule has 1 aliphatic rings. The van der Waals surface area contributed by atoms with Gasteiger partial charge in [-0.1, -0.05) is 0 Å². The highest BCUT2D eigenvalue weighted by molar-refractivity contribution is 5.47. The molecule has 1 aliphatic heterocycles. The molecular formula is C18H24F2N4O. The van der Waals surface area contributed by atoms with Crippen LogP contribution in [0, 0.1) is 11.6 Å². The smallest absolute Gasteiger partial charge is 0.160 e. The summed E-state index contributed by atoms with van der Waals surface area (Å²) in [7, 11) is 1.96. The third kappa shape index (κ3) is 4.16. The molecule has 5 nitrogen and oxygen atoms in total. The Kier molecular flexibility index (Phi) is 5.65. The molecule has 0 amide bonds. The number of nitrogens with zero attached hydrogens (tertiary/aromatic N) is 4. The van der Waals surface area contributed by atoms with Crippen LogP contribution in [-0.4, -0.2) is 51.8 Å². The molecule has 1 aromatic heterocycles. The molecule has 0 bridgehead atoms. The fourth-order valence-corrected chi connectivity index (χ4v) is 3.42. The highest BCUT2D eigenvalue weighted by atomic mass is 19.2. The monoisotopic (exact) mass is 350 g/mol. The van der Waals surface area contributed by atoms with Gasteiger partial charge in [0.15, 0.2) is 11.6 Å². The van der Waals surface area contributed by atoms with E-state index in [1.807, 2.05) is 17.8 Å². The molecule has 7 heteroatoms. The van der Waals surface area contributed by atoms with Crippen molar-refractivity contribution in [3.63, 3.8) is 0 Å². The van der Waals surface area contributed by atoms with Crippen molar-refractivity contribution < 1.29 is 13.9 Å². The lowest BCUT2D eigenvalue weighted by molar-refractivity contribution is 0.122. The predicted molar refractivity (Wildman–Crippen MR) is 92.3 cm³/mol. The maximum absolute atomic E-state index is 13.4. The summed E-state index contributed by atoms with van der Waals surface area (Å²) in [6, 6.07) is 4.40. The van der Waals surface area contributed by atoms with Gasteiger partial charge >= 0.3 is 0 Å². The van der Waals surface area contributed by atoms with Crippen LogP contribution >= 0.6 is 0 Å². The number of rotatable bonds is 6. The minimum Gasteiger partial charge on any atom is -0.395 e. The number of aryl methyl sites for hydroxylation is 1. The highest BCUT2D eigenvalue weighted by Crippen LogP contribution is 2.24. The topological polar surface area (TPSA) is 44.5 Å². The number of piperidine rings is 1. The maximum Gasteiger partial charge on any atom is 0.160 e. The minimum atomic E-state index is -0.817. The molecule has 2 aromatic rings. The molecule has 1 aromatic carbocycles. The van der Waals surface area contributed by atoms with Crippen LogP contribution in [0.2, 0.25) is 0 Å². The van der Waals surface area contributed by atoms with Gasteiger partial charge in [0.05, 0.1) is 13.2 Å². The standard InChI is InChI=1S/C18H24F2N4O/c1-22-9-6-21-18(22)13-24(10-11-25)14-4-7-23(8-5-14)15-2-3-16(19)17(20)12-15/h2-3,6,9,12,14,25H,4-5,7-8,10-11,13H2,1H3. The molecule has 3 rings (SSSR count). The zero-order valence-corrected chi connectivity index (χ0v) is 14.4. The first-order valence-electron chi connectivity index (χ1n) is 8.59. The summed E-state index contributed by atoms with van der Waals surface area (Å²) in [6.45, 7) is 2.95. The van der Waals surface area contributed by atoms with Crippen molar-refractivity contribution in [3.05, 3.63) is 48.1 Å². The Morgan fingerprint density at radius 1 is 1.24 bits per heavy atom. The van der Waals surface area contributed by atoms with Crippen molar-refractivity contribution in [1.82, 2.24) is 14.5 Å². The summed E-state index contributed by atoms with van der Waals surface area (Å²) in [6.07, 6.45) is 5.50. The average molecular weight is 350 g/mol. The molecule has 0 spiro atoms. The Labute approximate surface area is 146 Å². The third-order valence-electron chi connectivity index (χ3n) is 4.90. The van der Waals surface area contributed by atoms with E-state index in [1.54, 1.807) is 12.3 Å². The molecule has 1 N–H and O–H groups in total. The second-order valence-electron chi connectivity index (χ2n) is 6.47. The highest BCUT2D eigenvalue weighted by Gasteiger charge is 2.25. The van der Waals surface area contributed by atoms with Crippen molar-refractivity contribution in [1.29, 1.82) is 0 Å². The summed E-state index contributed by atoms with van der Waals surface area (Å²) < 4.78 is 28.5. The first-order chi connectivity index (χ1) is 12.1. The number of benzene rings is 1. The van der Waals surface area contributed by atoms with Gasteiger partial charge in [-0.05, 0) is 25.0 Å². The lowest BCUT2D eigenvalue weighted by atomic mass is 10.0. The second-order valence-corrected chi connectivity index (χ2v) is 6.47. The molecule has 0 atom stereocenters. The van der Waals surface area contributed by atoms with Crippen molar-refractivity contribution >= 4 is 5.69 Å². The van der Waals surface area contributed by atoms with E-state index in [-0.39, 0.29) is 6.61 Å². The Bertz CT molecular complexity index is 698. The van der Waals surface area contributed by atoms with E-state index in [0.29, 0.717) is 19.1 Å². The number of aromatic nitrogens is 2. The van der Waals surface area contributed by atoms with Gasteiger partial charge in [-0.2, -0.15) is 0 Å². The zero-order chi connectivity index (χ0) is 17.8. The first kappa shape index (κ1) is 17.8. The summed E-state index contributed by atoms with van der Waals surface area (Å²) >= 11 is 0. The molecule has 0 radical (unpaired) electrons. The fraction of sp³-hybridized carbons (Fsp3) is 0.500. The zero-order valence-electron chi connectivity index (χ0n) is 14.4. The number of imidazole rings is 1. The number of aliphatic hydroxyl groups is 1. The van der Waals surface area contributed by atoms with Crippen LogP contribution in [0.5, 0.6) is 0 Å². The Morgan fingerprint density at radius 2 is 2.00 bits per heavy atom. The fourth-order valence-electron chi connectivity index (χ4n) is 3.42. The van der Waals surface area contributed by atoms with Gasteiger partial charge in [0, 0.05) is 56.9 Å². The molecule has 0 unspecified atom stereocenters. The SMILES string of the molecule is Cn1ccnc1CN(CCO)C1CCN(c2ccc(F)c(F)c2)CC1.